The molecule has 16 heavy (non-hydrogen) atoms. The largest absolute Gasteiger partial charge is 0.378 e. The lowest BCUT2D eigenvalue weighted by atomic mass is 9.77. The molecule has 0 aromatic carbocycles. The van der Waals surface area contributed by atoms with Crippen LogP contribution in [-0.4, -0.2) is 26.3 Å². The topological polar surface area (TPSA) is 21.3 Å². The molecule has 1 aromatic rings. The molecular weight excluding hydrogens is 218 g/mol. The summed E-state index contributed by atoms with van der Waals surface area (Å²) in [6.07, 6.45) is 3.99. The number of hydrogen-bond donors (Lipinski definition) is 1. The number of hydrogen-bond acceptors (Lipinski definition) is 3. The molecule has 0 amide bonds. The van der Waals surface area contributed by atoms with Gasteiger partial charge < -0.3 is 10.1 Å². The monoisotopic (exact) mass is 239 g/mol. The summed E-state index contributed by atoms with van der Waals surface area (Å²) in [4.78, 5) is 0. The second kappa shape index (κ2) is 5.30. The molecule has 1 saturated heterocycles. The van der Waals surface area contributed by atoms with E-state index in [4.69, 9.17) is 4.74 Å². The van der Waals surface area contributed by atoms with Crippen LogP contribution in [0.15, 0.2) is 16.8 Å². The standard InChI is InChI=1S/C13H21NOS/c1-11-13(10-14-2,6-7-15-11)5-3-12-4-8-16-9-12/h4,8-9,11,14H,3,5-7,10H2,1-2H3. The zero-order valence-electron chi connectivity index (χ0n) is 10.2. The Balaban J connectivity index is 1.97. The Kier molecular flexibility index (Phi) is 4.00. The van der Waals surface area contributed by atoms with Crippen LogP contribution in [0.2, 0.25) is 0 Å². The molecule has 2 atom stereocenters. The molecule has 2 heterocycles. The highest BCUT2D eigenvalue weighted by Crippen LogP contribution is 2.38. The third-order valence-corrected chi connectivity index (χ3v) is 4.58. The van der Waals surface area contributed by atoms with Gasteiger partial charge in [-0.3, -0.25) is 0 Å². The van der Waals surface area contributed by atoms with Crippen molar-refractivity contribution in [3.63, 3.8) is 0 Å². The highest BCUT2D eigenvalue weighted by atomic mass is 32.1. The van der Waals surface area contributed by atoms with Crippen LogP contribution in [0.25, 0.3) is 0 Å². The number of ether oxygens (including phenoxy) is 1. The molecule has 2 nitrogen and oxygen atoms in total. The van der Waals surface area contributed by atoms with E-state index in [0.29, 0.717) is 11.5 Å². The van der Waals surface area contributed by atoms with Gasteiger partial charge in [0, 0.05) is 18.6 Å². The number of rotatable bonds is 5. The SMILES string of the molecule is CNCC1(CCc2ccsc2)CCOC1C. The molecule has 0 radical (unpaired) electrons. The molecule has 0 spiro atoms. The maximum Gasteiger partial charge on any atom is 0.0616 e. The van der Waals surface area contributed by atoms with E-state index < -0.39 is 0 Å². The lowest BCUT2D eigenvalue weighted by Gasteiger charge is -2.32. The Bertz CT molecular complexity index is 312. The summed E-state index contributed by atoms with van der Waals surface area (Å²) < 4.78 is 5.75. The van der Waals surface area contributed by atoms with Crippen LogP contribution >= 0.6 is 11.3 Å². The molecule has 1 aromatic heterocycles. The van der Waals surface area contributed by atoms with Crippen LogP contribution in [0.1, 0.15) is 25.3 Å². The van der Waals surface area contributed by atoms with Crippen molar-refractivity contribution in [2.75, 3.05) is 20.2 Å². The average molecular weight is 239 g/mol. The molecule has 2 rings (SSSR count). The summed E-state index contributed by atoms with van der Waals surface area (Å²) >= 11 is 1.79. The van der Waals surface area contributed by atoms with E-state index >= 15 is 0 Å². The summed E-state index contributed by atoms with van der Waals surface area (Å²) in [5.74, 6) is 0. The Labute approximate surface area is 102 Å². The maximum atomic E-state index is 5.75. The van der Waals surface area contributed by atoms with Gasteiger partial charge in [-0.2, -0.15) is 11.3 Å². The molecule has 1 fully saturated rings. The molecular formula is C13H21NOS. The Morgan fingerprint density at radius 2 is 2.50 bits per heavy atom. The highest BCUT2D eigenvalue weighted by molar-refractivity contribution is 7.07. The first-order valence-corrected chi connectivity index (χ1v) is 6.98. The zero-order chi connectivity index (χ0) is 11.4. The van der Waals surface area contributed by atoms with Gasteiger partial charge in [0.25, 0.3) is 0 Å². The van der Waals surface area contributed by atoms with Gasteiger partial charge in [-0.25, -0.2) is 0 Å². The van der Waals surface area contributed by atoms with Crippen molar-refractivity contribution >= 4 is 11.3 Å². The summed E-state index contributed by atoms with van der Waals surface area (Å²) in [5.41, 5.74) is 1.82. The lowest BCUT2D eigenvalue weighted by molar-refractivity contribution is 0.0596. The van der Waals surface area contributed by atoms with Crippen molar-refractivity contribution in [2.24, 2.45) is 5.41 Å². The van der Waals surface area contributed by atoms with Gasteiger partial charge in [-0.1, -0.05) is 0 Å². The van der Waals surface area contributed by atoms with Crippen LogP contribution in [-0.2, 0) is 11.2 Å². The second-order valence-corrected chi connectivity index (χ2v) is 5.57. The Morgan fingerprint density at radius 1 is 1.62 bits per heavy atom. The van der Waals surface area contributed by atoms with E-state index in [1.54, 1.807) is 11.3 Å². The number of aryl methyl sites for hydroxylation is 1. The third-order valence-electron chi connectivity index (χ3n) is 3.85. The zero-order valence-corrected chi connectivity index (χ0v) is 11.0. The molecule has 1 N–H and O–H groups in total. The van der Waals surface area contributed by atoms with Crippen LogP contribution in [0, 0.1) is 5.41 Å². The van der Waals surface area contributed by atoms with Crippen LogP contribution in [0.5, 0.6) is 0 Å². The average Bonchev–Trinajstić information content (AvgIpc) is 2.88. The first-order chi connectivity index (χ1) is 7.77. The van der Waals surface area contributed by atoms with Crippen LogP contribution < -0.4 is 5.32 Å². The second-order valence-electron chi connectivity index (χ2n) is 4.79. The van der Waals surface area contributed by atoms with E-state index in [1.165, 1.54) is 24.8 Å². The van der Waals surface area contributed by atoms with E-state index in [9.17, 15) is 0 Å². The van der Waals surface area contributed by atoms with E-state index in [0.717, 1.165) is 13.2 Å². The van der Waals surface area contributed by atoms with Gasteiger partial charge in [0.15, 0.2) is 0 Å². The third kappa shape index (κ3) is 2.47. The molecule has 90 valence electrons. The Hall–Kier alpha value is -0.380. The number of thiophene rings is 1. The summed E-state index contributed by atoms with van der Waals surface area (Å²) in [5, 5.41) is 7.75. The fraction of sp³-hybridized carbons (Fsp3) is 0.692. The van der Waals surface area contributed by atoms with Crippen molar-refractivity contribution in [3.05, 3.63) is 22.4 Å². The highest BCUT2D eigenvalue weighted by Gasteiger charge is 2.40. The van der Waals surface area contributed by atoms with Gasteiger partial charge in [0.1, 0.15) is 0 Å². The summed E-state index contributed by atoms with van der Waals surface area (Å²) in [6.45, 7) is 4.21. The van der Waals surface area contributed by atoms with E-state index in [1.807, 2.05) is 7.05 Å². The van der Waals surface area contributed by atoms with Gasteiger partial charge in [-0.15, -0.1) is 0 Å². The molecule has 3 heteroatoms. The lowest BCUT2D eigenvalue weighted by Crippen LogP contribution is -2.38. The van der Waals surface area contributed by atoms with Crippen molar-refractivity contribution in [2.45, 2.75) is 32.3 Å². The predicted molar refractivity (Wildman–Crippen MR) is 69.0 cm³/mol. The minimum atomic E-state index is 0.344. The predicted octanol–water partition coefficient (Wildman–Crippen LogP) is 2.70. The van der Waals surface area contributed by atoms with Gasteiger partial charge in [-0.05, 0) is 55.6 Å². The minimum absolute atomic E-state index is 0.344. The smallest absolute Gasteiger partial charge is 0.0616 e. The minimum Gasteiger partial charge on any atom is -0.378 e. The van der Waals surface area contributed by atoms with Crippen LogP contribution in [0.3, 0.4) is 0 Å². The fourth-order valence-corrected chi connectivity index (χ4v) is 3.35. The van der Waals surface area contributed by atoms with Crippen molar-refractivity contribution in [1.29, 1.82) is 0 Å². The molecule has 1 aliphatic heterocycles. The van der Waals surface area contributed by atoms with Crippen LogP contribution in [0.4, 0.5) is 0 Å². The van der Waals surface area contributed by atoms with E-state index in [-0.39, 0.29) is 0 Å². The fourth-order valence-electron chi connectivity index (χ4n) is 2.65. The normalized spacial score (nSPS) is 29.8. The maximum absolute atomic E-state index is 5.75. The van der Waals surface area contributed by atoms with Gasteiger partial charge in [0.2, 0.25) is 0 Å². The molecule has 1 aliphatic rings. The molecule has 0 saturated carbocycles. The Morgan fingerprint density at radius 3 is 3.06 bits per heavy atom. The van der Waals surface area contributed by atoms with Crippen molar-refractivity contribution in [1.82, 2.24) is 5.32 Å². The number of nitrogens with one attached hydrogen (secondary N) is 1. The summed E-state index contributed by atoms with van der Waals surface area (Å²) in [6, 6.07) is 2.23. The van der Waals surface area contributed by atoms with E-state index in [2.05, 4.69) is 29.1 Å². The molecule has 2 unspecified atom stereocenters. The first kappa shape index (κ1) is 12.1. The van der Waals surface area contributed by atoms with Crippen molar-refractivity contribution in [3.8, 4) is 0 Å². The summed E-state index contributed by atoms with van der Waals surface area (Å²) in [7, 11) is 2.04. The molecule has 0 aliphatic carbocycles. The van der Waals surface area contributed by atoms with Gasteiger partial charge >= 0.3 is 0 Å². The quantitative estimate of drug-likeness (QED) is 0.853. The van der Waals surface area contributed by atoms with Crippen molar-refractivity contribution < 1.29 is 4.74 Å². The first-order valence-electron chi connectivity index (χ1n) is 6.04. The molecule has 0 bridgehead atoms. The van der Waals surface area contributed by atoms with Gasteiger partial charge in [0.05, 0.1) is 6.10 Å².